The van der Waals surface area contributed by atoms with Crippen molar-refractivity contribution in [1.29, 1.82) is 0 Å². The van der Waals surface area contributed by atoms with Gasteiger partial charge in [-0.1, -0.05) is 0 Å². The second kappa shape index (κ2) is 5.24. The first-order chi connectivity index (χ1) is 9.67. The lowest BCUT2D eigenvalue weighted by Crippen LogP contribution is -2.27. The van der Waals surface area contributed by atoms with E-state index in [4.69, 9.17) is 9.15 Å². The van der Waals surface area contributed by atoms with Crippen molar-refractivity contribution < 1.29 is 13.9 Å². The summed E-state index contributed by atoms with van der Waals surface area (Å²) in [5.41, 5.74) is -0.0790. The smallest absolute Gasteiger partial charge is 0.351 e. The molecule has 2 aromatic rings. The van der Waals surface area contributed by atoms with Gasteiger partial charge in [-0.25, -0.2) is 9.59 Å². The van der Waals surface area contributed by atoms with Crippen LogP contribution in [0, 0.1) is 0 Å². The number of ether oxygens (including phenoxy) is 1. The highest BCUT2D eigenvalue weighted by molar-refractivity contribution is 5.93. The Morgan fingerprint density at radius 3 is 2.43 bits per heavy atom. The second-order valence-corrected chi connectivity index (χ2v) is 6.07. The largest absolute Gasteiger partial charge is 0.456 e. The zero-order valence-electron chi connectivity index (χ0n) is 12.9. The van der Waals surface area contributed by atoms with Gasteiger partial charge >= 0.3 is 11.6 Å². The third-order valence-corrected chi connectivity index (χ3v) is 2.85. The van der Waals surface area contributed by atoms with Crippen molar-refractivity contribution >= 4 is 22.6 Å². The normalized spacial score (nSPS) is 11.5. The van der Waals surface area contributed by atoms with Gasteiger partial charge in [-0.2, -0.15) is 0 Å². The van der Waals surface area contributed by atoms with Gasteiger partial charge in [-0.3, -0.25) is 0 Å². The van der Waals surface area contributed by atoms with Gasteiger partial charge in [0.15, 0.2) is 0 Å². The van der Waals surface area contributed by atoms with Crippen LogP contribution in [0.4, 0.5) is 5.69 Å². The summed E-state index contributed by atoms with van der Waals surface area (Å²) in [5, 5.41) is 0.682. The minimum absolute atomic E-state index is 0.0879. The third-order valence-electron chi connectivity index (χ3n) is 2.85. The Morgan fingerprint density at radius 2 is 1.86 bits per heavy atom. The molecular weight excluding hydrogens is 270 g/mol. The zero-order chi connectivity index (χ0) is 15.8. The van der Waals surface area contributed by atoms with E-state index in [2.05, 4.69) is 0 Å². The van der Waals surface area contributed by atoms with Gasteiger partial charge in [0.1, 0.15) is 16.7 Å². The van der Waals surface area contributed by atoms with Crippen LogP contribution < -0.4 is 10.5 Å². The van der Waals surface area contributed by atoms with Crippen LogP contribution in [0.3, 0.4) is 0 Å². The molecule has 5 heteroatoms. The van der Waals surface area contributed by atoms with Gasteiger partial charge in [0.05, 0.1) is 0 Å². The predicted molar refractivity (Wildman–Crippen MR) is 82.0 cm³/mol. The summed E-state index contributed by atoms with van der Waals surface area (Å²) in [7, 11) is 3.79. The summed E-state index contributed by atoms with van der Waals surface area (Å²) in [4.78, 5) is 25.9. The van der Waals surface area contributed by atoms with Crippen molar-refractivity contribution in [3.8, 4) is 0 Å². The fourth-order valence-corrected chi connectivity index (χ4v) is 1.85. The molecule has 0 N–H and O–H groups in total. The Hall–Kier alpha value is -2.30. The molecule has 0 atom stereocenters. The van der Waals surface area contributed by atoms with Gasteiger partial charge in [0, 0.05) is 31.2 Å². The first kappa shape index (κ1) is 15.1. The highest BCUT2D eigenvalue weighted by Crippen LogP contribution is 2.21. The second-order valence-electron chi connectivity index (χ2n) is 6.07. The first-order valence-electron chi connectivity index (χ1n) is 6.66. The lowest BCUT2D eigenvalue weighted by molar-refractivity contribution is 0.00654. The van der Waals surface area contributed by atoms with E-state index >= 15 is 0 Å². The molecule has 0 unspecified atom stereocenters. The number of carbonyl (C=O) groups is 1. The minimum Gasteiger partial charge on any atom is -0.456 e. The number of rotatable bonds is 2. The number of fused-ring (bicyclic) bond motifs is 1. The fourth-order valence-electron chi connectivity index (χ4n) is 1.85. The van der Waals surface area contributed by atoms with Crippen molar-refractivity contribution in [3.63, 3.8) is 0 Å². The maximum Gasteiger partial charge on any atom is 0.351 e. The van der Waals surface area contributed by atoms with E-state index in [0.717, 1.165) is 5.69 Å². The molecule has 0 aliphatic rings. The van der Waals surface area contributed by atoms with Gasteiger partial charge in [0.25, 0.3) is 0 Å². The summed E-state index contributed by atoms with van der Waals surface area (Å²) >= 11 is 0. The van der Waals surface area contributed by atoms with Crippen LogP contribution in [0.1, 0.15) is 31.1 Å². The molecule has 1 heterocycles. The third kappa shape index (κ3) is 3.42. The average Bonchev–Trinajstić information content (AvgIpc) is 2.34. The summed E-state index contributed by atoms with van der Waals surface area (Å²) in [6.07, 6.45) is 0. The molecule has 1 aromatic carbocycles. The van der Waals surface area contributed by atoms with Gasteiger partial charge in [-0.05, 0) is 39.0 Å². The fraction of sp³-hybridized carbons (Fsp3) is 0.375. The Labute approximate surface area is 123 Å². The molecule has 1 aromatic heterocycles. The van der Waals surface area contributed by atoms with Crippen molar-refractivity contribution in [2.24, 2.45) is 0 Å². The molecule has 0 bridgehead atoms. The number of nitrogens with zero attached hydrogens (tertiary/aromatic N) is 1. The van der Waals surface area contributed by atoms with Gasteiger partial charge < -0.3 is 14.1 Å². The molecule has 0 aliphatic carbocycles. The summed E-state index contributed by atoms with van der Waals surface area (Å²) < 4.78 is 10.4. The summed E-state index contributed by atoms with van der Waals surface area (Å²) in [6, 6.07) is 6.97. The predicted octanol–water partition coefficient (Wildman–Crippen LogP) is 2.81. The van der Waals surface area contributed by atoms with E-state index in [-0.39, 0.29) is 5.56 Å². The molecule has 0 saturated carbocycles. The molecule has 0 fully saturated rings. The molecule has 2 rings (SSSR count). The van der Waals surface area contributed by atoms with Crippen LogP contribution in [0.25, 0.3) is 11.0 Å². The van der Waals surface area contributed by atoms with Gasteiger partial charge in [-0.15, -0.1) is 0 Å². The lowest BCUT2D eigenvalue weighted by atomic mass is 10.1. The highest BCUT2D eigenvalue weighted by Gasteiger charge is 2.21. The molecule has 0 aliphatic heterocycles. The molecular formula is C16H19NO4. The topological polar surface area (TPSA) is 59.8 Å². The standard InChI is InChI=1S/C16H19NO4/c1-16(2,3)21-15(19)12-8-10-6-7-11(17(4)5)9-13(10)20-14(12)18/h6-9H,1-5H3. The Balaban J connectivity index is 2.49. The number of hydrogen-bond donors (Lipinski definition) is 0. The van der Waals surface area contributed by atoms with Gasteiger partial charge in [0.2, 0.25) is 0 Å². The number of benzene rings is 1. The maximum atomic E-state index is 12.0. The SMILES string of the molecule is CN(C)c1ccc2cc(C(=O)OC(C)(C)C)c(=O)oc2c1. The number of anilines is 1. The molecule has 112 valence electrons. The summed E-state index contributed by atoms with van der Waals surface area (Å²) in [6.45, 7) is 5.24. The minimum atomic E-state index is -0.687. The van der Waals surface area contributed by atoms with Crippen molar-refractivity contribution in [2.45, 2.75) is 26.4 Å². The maximum absolute atomic E-state index is 12.0. The summed E-state index contributed by atoms with van der Waals surface area (Å²) in [5.74, 6) is -0.671. The lowest BCUT2D eigenvalue weighted by Gasteiger charge is -2.19. The molecule has 0 amide bonds. The van der Waals surface area contributed by atoms with Crippen molar-refractivity contribution in [3.05, 3.63) is 40.2 Å². The molecule has 21 heavy (non-hydrogen) atoms. The Morgan fingerprint density at radius 1 is 1.19 bits per heavy atom. The molecule has 0 saturated heterocycles. The number of carbonyl (C=O) groups excluding carboxylic acids is 1. The highest BCUT2D eigenvalue weighted by atomic mass is 16.6. The molecule has 5 nitrogen and oxygen atoms in total. The van der Waals surface area contributed by atoms with Crippen LogP contribution in [0.15, 0.2) is 33.5 Å². The quantitative estimate of drug-likeness (QED) is 0.628. The Bertz CT molecular complexity index is 738. The van der Waals surface area contributed by atoms with Crippen molar-refractivity contribution in [2.75, 3.05) is 19.0 Å². The van der Waals surface area contributed by atoms with Crippen LogP contribution in [-0.4, -0.2) is 25.7 Å². The van der Waals surface area contributed by atoms with E-state index in [9.17, 15) is 9.59 Å². The zero-order valence-corrected chi connectivity index (χ0v) is 12.9. The first-order valence-corrected chi connectivity index (χ1v) is 6.66. The average molecular weight is 289 g/mol. The monoisotopic (exact) mass is 289 g/mol. The van der Waals surface area contributed by atoms with Crippen LogP contribution >= 0.6 is 0 Å². The van der Waals surface area contributed by atoms with E-state index in [1.54, 1.807) is 26.8 Å². The van der Waals surface area contributed by atoms with E-state index < -0.39 is 17.2 Å². The van der Waals surface area contributed by atoms with Crippen molar-refractivity contribution in [1.82, 2.24) is 0 Å². The Kier molecular flexibility index (Phi) is 3.77. The van der Waals surface area contributed by atoms with E-state index in [0.29, 0.717) is 11.0 Å². The van der Waals surface area contributed by atoms with Crippen LogP contribution in [-0.2, 0) is 4.74 Å². The van der Waals surface area contributed by atoms with Crippen LogP contribution in [0.5, 0.6) is 0 Å². The molecule has 0 radical (unpaired) electrons. The van der Waals surface area contributed by atoms with E-state index in [1.807, 2.05) is 31.1 Å². The number of esters is 1. The van der Waals surface area contributed by atoms with E-state index in [1.165, 1.54) is 6.07 Å². The molecule has 0 spiro atoms. The number of hydrogen-bond acceptors (Lipinski definition) is 5. The van der Waals surface area contributed by atoms with Crippen LogP contribution in [0.2, 0.25) is 0 Å².